The highest BCUT2D eigenvalue weighted by molar-refractivity contribution is 6.35. The van der Waals surface area contributed by atoms with Crippen LogP contribution in [0.4, 0.5) is 0 Å². The van der Waals surface area contributed by atoms with Crippen LogP contribution in [0.1, 0.15) is 43.5 Å². The number of rotatable bonds is 7. The third kappa shape index (κ3) is 5.10. The molecule has 7 nitrogen and oxygen atoms in total. The second-order valence-electron chi connectivity index (χ2n) is 7.24. The van der Waals surface area contributed by atoms with Crippen molar-refractivity contribution in [1.29, 1.82) is 0 Å². The molecule has 0 saturated carbocycles. The van der Waals surface area contributed by atoms with Crippen molar-refractivity contribution in [3.8, 4) is 0 Å². The fraction of sp³-hybridized carbons (Fsp3) is 0.500. The number of nitrogens with one attached hydrogen (secondary N) is 1. The van der Waals surface area contributed by atoms with Gasteiger partial charge in [-0.1, -0.05) is 36.2 Å². The van der Waals surface area contributed by atoms with Crippen LogP contribution in [0.3, 0.4) is 0 Å². The van der Waals surface area contributed by atoms with E-state index in [0.717, 1.165) is 0 Å². The summed E-state index contributed by atoms with van der Waals surface area (Å²) in [4.78, 5) is 26.1. The van der Waals surface area contributed by atoms with Crippen molar-refractivity contribution in [2.24, 2.45) is 0 Å². The van der Waals surface area contributed by atoms with Crippen LogP contribution < -0.4 is 11.2 Å². The van der Waals surface area contributed by atoms with E-state index in [4.69, 9.17) is 27.9 Å². The number of benzene rings is 1. The van der Waals surface area contributed by atoms with Crippen molar-refractivity contribution in [2.75, 3.05) is 0 Å². The maximum atomic E-state index is 12.1. The lowest BCUT2D eigenvalue weighted by Gasteiger charge is -2.18. The quantitative estimate of drug-likeness (QED) is 0.610. The van der Waals surface area contributed by atoms with E-state index in [9.17, 15) is 19.8 Å². The van der Waals surface area contributed by atoms with Crippen LogP contribution in [0.2, 0.25) is 10.0 Å². The number of aromatic amines is 1. The number of H-pyrrole nitrogens is 1. The third-order valence-electron chi connectivity index (χ3n) is 5.22. The Kier molecular flexibility index (Phi) is 7.19. The number of aromatic nitrogens is 2. The molecular weight excluding hydrogens is 419 g/mol. The first-order valence-electron chi connectivity index (χ1n) is 9.59. The zero-order chi connectivity index (χ0) is 21.1. The van der Waals surface area contributed by atoms with Gasteiger partial charge in [-0.05, 0) is 37.0 Å². The summed E-state index contributed by atoms with van der Waals surface area (Å²) in [6.45, 7) is 1.82. The van der Waals surface area contributed by atoms with Crippen molar-refractivity contribution in [2.45, 2.75) is 63.6 Å². The number of aryl methyl sites for hydroxylation is 1. The molecule has 1 aliphatic heterocycles. The van der Waals surface area contributed by atoms with Gasteiger partial charge in [0.25, 0.3) is 5.56 Å². The highest BCUT2D eigenvalue weighted by Gasteiger charge is 2.35. The Labute approximate surface area is 177 Å². The summed E-state index contributed by atoms with van der Waals surface area (Å²) in [7, 11) is 0. The Morgan fingerprint density at radius 3 is 2.66 bits per heavy atom. The van der Waals surface area contributed by atoms with E-state index < -0.39 is 35.8 Å². The largest absolute Gasteiger partial charge is 0.393 e. The monoisotopic (exact) mass is 442 g/mol. The second kappa shape index (κ2) is 9.45. The van der Waals surface area contributed by atoms with Gasteiger partial charge in [-0.25, -0.2) is 4.79 Å². The number of hydrogen-bond acceptors (Lipinski definition) is 5. The minimum Gasteiger partial charge on any atom is -0.393 e. The van der Waals surface area contributed by atoms with Gasteiger partial charge < -0.3 is 14.9 Å². The predicted octanol–water partition coefficient (Wildman–Crippen LogP) is 2.44. The zero-order valence-corrected chi connectivity index (χ0v) is 17.5. The first kappa shape index (κ1) is 22.1. The highest BCUT2D eigenvalue weighted by atomic mass is 35.5. The predicted molar refractivity (Wildman–Crippen MR) is 111 cm³/mol. The van der Waals surface area contributed by atoms with Crippen molar-refractivity contribution in [3.05, 3.63) is 66.4 Å². The number of nitrogens with zero attached hydrogens (tertiary/aromatic N) is 1. The number of aliphatic hydroxyl groups excluding tert-OH is 2. The summed E-state index contributed by atoms with van der Waals surface area (Å²) >= 11 is 12.3. The number of hydrogen-bond donors (Lipinski definition) is 3. The van der Waals surface area contributed by atoms with Gasteiger partial charge in [0.05, 0.1) is 18.3 Å². The van der Waals surface area contributed by atoms with Crippen LogP contribution in [0.25, 0.3) is 0 Å². The summed E-state index contributed by atoms with van der Waals surface area (Å²) in [5, 5.41) is 21.7. The molecule has 1 saturated heterocycles. The third-order valence-corrected chi connectivity index (χ3v) is 5.93. The highest BCUT2D eigenvalue weighted by Crippen LogP contribution is 2.31. The number of aliphatic hydroxyl groups is 2. The van der Waals surface area contributed by atoms with E-state index in [1.54, 1.807) is 18.2 Å². The van der Waals surface area contributed by atoms with Gasteiger partial charge in [-0.2, -0.15) is 0 Å². The Hall–Kier alpha value is -1.64. The van der Waals surface area contributed by atoms with Gasteiger partial charge in [0.1, 0.15) is 6.23 Å². The summed E-state index contributed by atoms with van der Waals surface area (Å²) in [5.41, 5.74) is 0.169. The topological polar surface area (TPSA) is 105 Å². The van der Waals surface area contributed by atoms with Crippen LogP contribution in [0.5, 0.6) is 0 Å². The molecule has 9 heteroatoms. The Balaban J connectivity index is 1.62. The van der Waals surface area contributed by atoms with Gasteiger partial charge in [-0.15, -0.1) is 0 Å². The van der Waals surface area contributed by atoms with Crippen LogP contribution in [0.15, 0.2) is 34.0 Å². The van der Waals surface area contributed by atoms with Crippen molar-refractivity contribution in [3.63, 3.8) is 0 Å². The molecule has 2 aromatic rings. The molecule has 1 aliphatic rings. The van der Waals surface area contributed by atoms with Gasteiger partial charge in [0.15, 0.2) is 0 Å². The van der Waals surface area contributed by atoms with E-state index in [0.29, 0.717) is 46.9 Å². The minimum absolute atomic E-state index is 0.228. The van der Waals surface area contributed by atoms with Gasteiger partial charge >= 0.3 is 5.69 Å². The van der Waals surface area contributed by atoms with Crippen molar-refractivity contribution >= 4 is 23.2 Å². The molecule has 0 amide bonds. The lowest BCUT2D eigenvalue weighted by atomic mass is 10.0. The molecule has 4 atom stereocenters. The average molecular weight is 443 g/mol. The smallest absolute Gasteiger partial charge is 0.330 e. The van der Waals surface area contributed by atoms with Crippen LogP contribution in [-0.2, 0) is 17.6 Å². The fourth-order valence-electron chi connectivity index (χ4n) is 3.56. The lowest BCUT2D eigenvalue weighted by Crippen LogP contribution is -2.34. The van der Waals surface area contributed by atoms with E-state index in [1.165, 1.54) is 10.8 Å². The average Bonchev–Trinajstić information content (AvgIpc) is 3.03. The maximum absolute atomic E-state index is 12.1. The molecule has 0 aliphatic carbocycles. The second-order valence-corrected chi connectivity index (χ2v) is 8.06. The number of halogens is 2. The van der Waals surface area contributed by atoms with Gasteiger partial charge in [0.2, 0.25) is 0 Å². The molecule has 0 bridgehead atoms. The summed E-state index contributed by atoms with van der Waals surface area (Å²) in [6.07, 6.45) is 0.581. The van der Waals surface area contributed by atoms with Crippen LogP contribution in [-0.4, -0.2) is 38.1 Å². The molecule has 1 aromatic heterocycles. The Morgan fingerprint density at radius 1 is 1.31 bits per heavy atom. The fourth-order valence-corrected chi connectivity index (χ4v) is 4.11. The molecule has 0 spiro atoms. The molecule has 1 unspecified atom stereocenters. The molecule has 0 radical (unpaired) electrons. The first-order valence-corrected chi connectivity index (χ1v) is 10.3. The molecule has 29 heavy (non-hydrogen) atoms. The van der Waals surface area contributed by atoms with Gasteiger partial charge in [0, 0.05) is 34.6 Å². The van der Waals surface area contributed by atoms with Gasteiger partial charge in [-0.3, -0.25) is 14.3 Å². The number of ether oxygens (including phenoxy) is 1. The maximum Gasteiger partial charge on any atom is 0.330 e. The van der Waals surface area contributed by atoms with E-state index >= 15 is 0 Å². The zero-order valence-electron chi connectivity index (χ0n) is 16.0. The van der Waals surface area contributed by atoms with Crippen LogP contribution in [0, 0.1) is 0 Å². The summed E-state index contributed by atoms with van der Waals surface area (Å²) < 4.78 is 7.16. The van der Waals surface area contributed by atoms with Crippen LogP contribution >= 0.6 is 23.2 Å². The van der Waals surface area contributed by atoms with E-state index in [-0.39, 0.29) is 6.42 Å². The summed E-state index contributed by atoms with van der Waals surface area (Å²) in [5.74, 6) is 0. The van der Waals surface area contributed by atoms with E-state index in [2.05, 4.69) is 4.98 Å². The molecule has 3 rings (SSSR count). The summed E-state index contributed by atoms with van der Waals surface area (Å²) in [6, 6.07) is 5.18. The SMILES string of the molecule is CCc1cn([C@@H]2CC(O)[C@H](CC[C@H](O)Cc3c(Cl)cccc3Cl)O2)c(=O)[nH]c1=O. The van der Waals surface area contributed by atoms with Crippen molar-refractivity contribution < 1.29 is 14.9 Å². The lowest BCUT2D eigenvalue weighted by molar-refractivity contribution is -0.0301. The normalized spacial score (nSPS) is 22.7. The minimum atomic E-state index is -0.778. The standard InChI is InChI=1S/C20H24Cl2N2O5/c1-2-11-10-24(20(28)23-19(11)27)18-9-16(26)17(29-18)7-6-12(25)8-13-14(21)4-3-5-15(13)22/h3-5,10,12,16-18,25-26H,2,6-9H2,1H3,(H,23,27,28)/t12-,16?,17-,18-/m0/s1. The van der Waals surface area contributed by atoms with Crippen molar-refractivity contribution in [1.82, 2.24) is 9.55 Å². The molecule has 3 N–H and O–H groups in total. The van der Waals surface area contributed by atoms with E-state index in [1.807, 2.05) is 6.92 Å². The first-order chi connectivity index (χ1) is 13.8. The molecule has 1 aromatic carbocycles. The Morgan fingerprint density at radius 2 is 2.00 bits per heavy atom. The molecular formula is C20H24Cl2N2O5. The molecule has 1 fully saturated rings. The molecule has 2 heterocycles. The Bertz CT molecular complexity index is 954. The molecule has 158 valence electrons.